The van der Waals surface area contributed by atoms with Gasteiger partial charge in [-0.3, -0.25) is 9.48 Å². The molecule has 2 fully saturated rings. The van der Waals surface area contributed by atoms with Gasteiger partial charge in [0.1, 0.15) is 6.10 Å². The number of carbonyl (C=O) groups excluding carboxylic acids is 1. The van der Waals surface area contributed by atoms with Crippen molar-refractivity contribution in [2.75, 3.05) is 37.7 Å². The van der Waals surface area contributed by atoms with E-state index in [0.717, 1.165) is 36.8 Å². The van der Waals surface area contributed by atoms with Crippen molar-refractivity contribution in [2.24, 2.45) is 7.05 Å². The van der Waals surface area contributed by atoms with Crippen LogP contribution in [0.2, 0.25) is 0 Å². The van der Waals surface area contributed by atoms with Gasteiger partial charge in [-0.05, 0) is 25.3 Å². The van der Waals surface area contributed by atoms with Crippen LogP contribution in [0.15, 0.2) is 18.5 Å². The highest BCUT2D eigenvalue weighted by atomic mass is 16.5. The van der Waals surface area contributed by atoms with Crippen molar-refractivity contribution in [2.45, 2.75) is 32.3 Å². The lowest BCUT2D eigenvalue weighted by Gasteiger charge is -2.33. The molecule has 1 unspecified atom stereocenters. The standard InChI is InChI=1S/C19H26N6O2/c1-3-15-14(12-23(2)22-15)18(26)25-10-11-27-17(13-25)16-6-7-20-19(21-16)24-8-4-5-9-24/h6-7,12,17H,3-5,8-11,13H2,1-2H3. The Morgan fingerprint density at radius 2 is 2.11 bits per heavy atom. The van der Waals surface area contributed by atoms with E-state index in [1.807, 2.05) is 31.1 Å². The molecular weight excluding hydrogens is 344 g/mol. The molecule has 1 atom stereocenters. The SMILES string of the molecule is CCc1nn(C)cc1C(=O)N1CCOC(c2ccnc(N3CCCC3)n2)C1. The monoisotopic (exact) mass is 370 g/mol. The van der Waals surface area contributed by atoms with E-state index >= 15 is 0 Å². The lowest BCUT2D eigenvalue weighted by atomic mass is 10.1. The highest BCUT2D eigenvalue weighted by Crippen LogP contribution is 2.24. The first-order valence-electron chi connectivity index (χ1n) is 9.67. The summed E-state index contributed by atoms with van der Waals surface area (Å²) in [6, 6.07) is 1.89. The quantitative estimate of drug-likeness (QED) is 0.813. The van der Waals surface area contributed by atoms with Crippen LogP contribution in [0.5, 0.6) is 0 Å². The summed E-state index contributed by atoms with van der Waals surface area (Å²) in [6.45, 7) is 5.59. The maximum Gasteiger partial charge on any atom is 0.257 e. The van der Waals surface area contributed by atoms with E-state index in [4.69, 9.17) is 9.72 Å². The largest absolute Gasteiger partial charge is 0.368 e. The van der Waals surface area contributed by atoms with E-state index in [1.165, 1.54) is 12.8 Å². The third kappa shape index (κ3) is 3.66. The maximum absolute atomic E-state index is 13.0. The van der Waals surface area contributed by atoms with Gasteiger partial charge >= 0.3 is 0 Å². The molecule has 8 nitrogen and oxygen atoms in total. The smallest absolute Gasteiger partial charge is 0.257 e. The topological polar surface area (TPSA) is 76.4 Å². The number of amides is 1. The molecule has 0 spiro atoms. The van der Waals surface area contributed by atoms with E-state index in [1.54, 1.807) is 10.9 Å². The molecule has 4 heterocycles. The van der Waals surface area contributed by atoms with Gasteiger partial charge in [-0.2, -0.15) is 5.10 Å². The number of morpholine rings is 1. The Morgan fingerprint density at radius 1 is 1.30 bits per heavy atom. The van der Waals surface area contributed by atoms with Crippen molar-refractivity contribution in [1.29, 1.82) is 0 Å². The fourth-order valence-corrected chi connectivity index (χ4v) is 3.77. The van der Waals surface area contributed by atoms with Gasteiger partial charge in [-0.25, -0.2) is 9.97 Å². The maximum atomic E-state index is 13.0. The van der Waals surface area contributed by atoms with Gasteiger partial charge in [-0.1, -0.05) is 6.92 Å². The van der Waals surface area contributed by atoms with Crippen molar-refractivity contribution in [1.82, 2.24) is 24.6 Å². The second kappa shape index (κ2) is 7.64. The van der Waals surface area contributed by atoms with Crippen LogP contribution in [0.1, 0.15) is 47.6 Å². The summed E-state index contributed by atoms with van der Waals surface area (Å²) in [7, 11) is 1.85. The van der Waals surface area contributed by atoms with Gasteiger partial charge in [0.2, 0.25) is 5.95 Å². The van der Waals surface area contributed by atoms with Crippen molar-refractivity contribution < 1.29 is 9.53 Å². The second-order valence-corrected chi connectivity index (χ2v) is 7.10. The number of aryl methyl sites for hydroxylation is 2. The number of aromatic nitrogens is 4. The van der Waals surface area contributed by atoms with Gasteiger partial charge in [0.25, 0.3) is 5.91 Å². The Hall–Kier alpha value is -2.48. The number of carbonyl (C=O) groups is 1. The van der Waals surface area contributed by atoms with Crippen LogP contribution in [-0.2, 0) is 18.2 Å². The molecule has 0 N–H and O–H groups in total. The van der Waals surface area contributed by atoms with Crippen LogP contribution >= 0.6 is 0 Å². The Bertz CT molecular complexity index is 814. The molecule has 0 bridgehead atoms. The molecule has 0 aliphatic carbocycles. The Morgan fingerprint density at radius 3 is 2.89 bits per heavy atom. The molecule has 2 aromatic rings. The second-order valence-electron chi connectivity index (χ2n) is 7.10. The first kappa shape index (κ1) is 17.9. The molecule has 27 heavy (non-hydrogen) atoms. The molecule has 8 heteroatoms. The predicted octanol–water partition coefficient (Wildman–Crippen LogP) is 1.59. The molecule has 1 amide bonds. The van der Waals surface area contributed by atoms with Crippen LogP contribution in [-0.4, -0.2) is 63.3 Å². The van der Waals surface area contributed by atoms with Gasteiger partial charge in [-0.15, -0.1) is 0 Å². The molecular formula is C19H26N6O2. The Kier molecular flexibility index (Phi) is 5.07. The van der Waals surface area contributed by atoms with Gasteiger partial charge in [0, 0.05) is 39.1 Å². The van der Waals surface area contributed by atoms with E-state index in [-0.39, 0.29) is 12.0 Å². The number of anilines is 1. The average Bonchev–Trinajstić information content (AvgIpc) is 3.37. The minimum absolute atomic E-state index is 0.0158. The van der Waals surface area contributed by atoms with E-state index in [2.05, 4.69) is 15.0 Å². The summed E-state index contributed by atoms with van der Waals surface area (Å²) < 4.78 is 7.64. The molecule has 2 saturated heterocycles. The zero-order valence-corrected chi connectivity index (χ0v) is 16.0. The number of nitrogens with zero attached hydrogens (tertiary/aromatic N) is 6. The van der Waals surface area contributed by atoms with Gasteiger partial charge < -0.3 is 14.5 Å². The van der Waals surface area contributed by atoms with Crippen LogP contribution in [0.4, 0.5) is 5.95 Å². The van der Waals surface area contributed by atoms with Gasteiger partial charge in [0.15, 0.2) is 0 Å². The molecule has 2 aliphatic rings. The summed E-state index contributed by atoms with van der Waals surface area (Å²) in [4.78, 5) is 26.2. The van der Waals surface area contributed by atoms with Crippen molar-refractivity contribution in [3.8, 4) is 0 Å². The molecule has 0 radical (unpaired) electrons. The predicted molar refractivity (Wildman–Crippen MR) is 101 cm³/mol. The third-order valence-corrected chi connectivity index (χ3v) is 5.21. The van der Waals surface area contributed by atoms with Crippen LogP contribution < -0.4 is 4.90 Å². The minimum atomic E-state index is -0.228. The fraction of sp³-hybridized carbons (Fsp3) is 0.579. The zero-order chi connectivity index (χ0) is 18.8. The summed E-state index contributed by atoms with van der Waals surface area (Å²) in [6.07, 6.45) is 6.47. The molecule has 4 rings (SSSR count). The van der Waals surface area contributed by atoms with E-state index in [0.29, 0.717) is 25.3 Å². The Labute approximate surface area is 159 Å². The Balaban J connectivity index is 1.51. The first-order valence-corrected chi connectivity index (χ1v) is 9.67. The molecule has 0 aromatic carbocycles. The summed E-state index contributed by atoms with van der Waals surface area (Å²) >= 11 is 0. The first-order chi connectivity index (χ1) is 13.2. The van der Waals surface area contributed by atoms with Crippen molar-refractivity contribution >= 4 is 11.9 Å². The minimum Gasteiger partial charge on any atom is -0.368 e. The number of rotatable bonds is 4. The summed E-state index contributed by atoms with van der Waals surface area (Å²) in [5.41, 5.74) is 2.36. The van der Waals surface area contributed by atoms with E-state index < -0.39 is 0 Å². The normalized spacial score (nSPS) is 20.3. The third-order valence-electron chi connectivity index (χ3n) is 5.21. The zero-order valence-electron chi connectivity index (χ0n) is 16.0. The fourth-order valence-electron chi connectivity index (χ4n) is 3.77. The molecule has 2 aliphatic heterocycles. The van der Waals surface area contributed by atoms with Crippen molar-refractivity contribution in [3.63, 3.8) is 0 Å². The van der Waals surface area contributed by atoms with Crippen LogP contribution in [0.3, 0.4) is 0 Å². The lowest BCUT2D eigenvalue weighted by molar-refractivity contribution is -0.0247. The number of hydrogen-bond donors (Lipinski definition) is 0. The van der Waals surface area contributed by atoms with Crippen LogP contribution in [0, 0.1) is 0 Å². The highest BCUT2D eigenvalue weighted by Gasteiger charge is 2.29. The number of hydrogen-bond acceptors (Lipinski definition) is 6. The molecule has 144 valence electrons. The van der Waals surface area contributed by atoms with E-state index in [9.17, 15) is 4.79 Å². The summed E-state index contributed by atoms with van der Waals surface area (Å²) in [5.74, 6) is 0.777. The average molecular weight is 370 g/mol. The molecule has 2 aromatic heterocycles. The highest BCUT2D eigenvalue weighted by molar-refractivity contribution is 5.95. The summed E-state index contributed by atoms with van der Waals surface area (Å²) in [5, 5.41) is 4.39. The van der Waals surface area contributed by atoms with Crippen molar-refractivity contribution in [3.05, 3.63) is 35.4 Å². The molecule has 0 saturated carbocycles. The number of ether oxygens (including phenoxy) is 1. The van der Waals surface area contributed by atoms with Gasteiger partial charge in [0.05, 0.1) is 30.1 Å². The van der Waals surface area contributed by atoms with Crippen LogP contribution in [0.25, 0.3) is 0 Å². The lowest BCUT2D eigenvalue weighted by Crippen LogP contribution is -2.42.